The number of ether oxygens (including phenoxy) is 1. The predicted octanol–water partition coefficient (Wildman–Crippen LogP) is 0.700. The molecule has 5 nitrogen and oxygen atoms in total. The van der Waals surface area contributed by atoms with Crippen LogP contribution < -0.4 is 10.6 Å². The number of piperazine rings is 1. The fraction of sp³-hybridized carbons (Fsp3) is 0.500. The van der Waals surface area contributed by atoms with E-state index in [2.05, 4.69) is 0 Å². The van der Waals surface area contributed by atoms with Gasteiger partial charge in [0.2, 0.25) is 0 Å². The Morgan fingerprint density at radius 3 is 2.63 bits per heavy atom. The molecule has 1 amide bonds. The van der Waals surface area contributed by atoms with Crippen molar-refractivity contribution in [3.05, 3.63) is 29.3 Å². The minimum absolute atomic E-state index is 0.0222. The van der Waals surface area contributed by atoms with Crippen LogP contribution in [0.3, 0.4) is 0 Å². The van der Waals surface area contributed by atoms with E-state index in [1.54, 1.807) is 9.91 Å². The third-order valence-corrected chi connectivity index (χ3v) is 3.36. The Bertz CT molecular complexity index is 454. The molecule has 1 heterocycles. The van der Waals surface area contributed by atoms with Crippen molar-refractivity contribution in [3.63, 3.8) is 0 Å². The fourth-order valence-corrected chi connectivity index (χ4v) is 2.06. The Balaban J connectivity index is 1.88. The van der Waals surface area contributed by atoms with Gasteiger partial charge >= 0.3 is 0 Å². The summed E-state index contributed by atoms with van der Waals surface area (Å²) in [5, 5.41) is 1.73. The smallest absolute Gasteiger partial charge is 0.260 e. The van der Waals surface area contributed by atoms with Crippen LogP contribution in [0, 0.1) is 13.8 Å². The molecule has 19 heavy (non-hydrogen) atoms. The minimum Gasteiger partial charge on any atom is -0.483 e. The Labute approximate surface area is 113 Å². The van der Waals surface area contributed by atoms with Gasteiger partial charge in [0.05, 0.1) is 0 Å². The van der Waals surface area contributed by atoms with Gasteiger partial charge in [0.15, 0.2) is 6.61 Å². The monoisotopic (exact) mass is 263 g/mol. The molecular weight excluding hydrogens is 242 g/mol. The molecular formula is C14H21N3O2. The highest BCUT2D eigenvalue weighted by atomic mass is 16.5. The zero-order valence-corrected chi connectivity index (χ0v) is 11.6. The molecule has 0 spiro atoms. The molecule has 0 atom stereocenters. The van der Waals surface area contributed by atoms with Gasteiger partial charge in [-0.1, -0.05) is 12.1 Å². The number of amides is 1. The average molecular weight is 263 g/mol. The predicted molar refractivity (Wildman–Crippen MR) is 73.8 cm³/mol. The van der Waals surface area contributed by atoms with Gasteiger partial charge in [-0.2, -0.15) is 0 Å². The van der Waals surface area contributed by atoms with Crippen LogP contribution in [-0.2, 0) is 4.79 Å². The lowest BCUT2D eigenvalue weighted by molar-refractivity contribution is -0.135. The Kier molecular flexibility index (Phi) is 4.39. The van der Waals surface area contributed by atoms with Gasteiger partial charge in [0, 0.05) is 26.2 Å². The van der Waals surface area contributed by atoms with E-state index in [0.717, 1.165) is 30.0 Å². The topological polar surface area (TPSA) is 58.8 Å². The Morgan fingerprint density at radius 1 is 1.26 bits per heavy atom. The number of hydrogen-bond donors (Lipinski definition) is 1. The highest BCUT2D eigenvalue weighted by molar-refractivity contribution is 5.78. The van der Waals surface area contributed by atoms with Crippen LogP contribution in [-0.4, -0.2) is 48.6 Å². The van der Waals surface area contributed by atoms with Crippen LogP contribution >= 0.6 is 0 Å². The lowest BCUT2D eigenvalue weighted by Gasteiger charge is -2.31. The lowest BCUT2D eigenvalue weighted by Crippen LogP contribution is -2.52. The summed E-state index contributed by atoms with van der Waals surface area (Å²) in [4.78, 5) is 13.8. The van der Waals surface area contributed by atoms with Gasteiger partial charge in [-0.25, -0.2) is 5.01 Å². The quantitative estimate of drug-likeness (QED) is 0.816. The van der Waals surface area contributed by atoms with Gasteiger partial charge < -0.3 is 9.64 Å². The number of nitrogens with two attached hydrogens (primary N) is 1. The van der Waals surface area contributed by atoms with Gasteiger partial charge in [0.1, 0.15) is 5.75 Å². The molecule has 1 fully saturated rings. The molecule has 1 aromatic carbocycles. The van der Waals surface area contributed by atoms with E-state index in [1.807, 2.05) is 32.0 Å². The first kappa shape index (κ1) is 13.8. The molecule has 2 N–H and O–H groups in total. The van der Waals surface area contributed by atoms with Crippen molar-refractivity contribution in [1.29, 1.82) is 0 Å². The van der Waals surface area contributed by atoms with Crippen molar-refractivity contribution < 1.29 is 9.53 Å². The zero-order valence-electron chi connectivity index (χ0n) is 11.6. The molecule has 1 aliphatic heterocycles. The molecule has 1 aliphatic rings. The number of hydrogen-bond acceptors (Lipinski definition) is 4. The second kappa shape index (κ2) is 6.04. The van der Waals surface area contributed by atoms with Crippen molar-refractivity contribution in [2.24, 2.45) is 5.84 Å². The third kappa shape index (κ3) is 3.68. The highest BCUT2D eigenvalue weighted by Crippen LogP contribution is 2.19. The normalized spacial score (nSPS) is 16.5. The standard InChI is InChI=1S/C14H21N3O2/c1-11-3-4-12(2)13(9-11)19-10-14(18)16-5-7-17(15)8-6-16/h3-4,9H,5-8,10,15H2,1-2H3. The lowest BCUT2D eigenvalue weighted by atomic mass is 10.1. The van der Waals surface area contributed by atoms with E-state index in [9.17, 15) is 4.79 Å². The van der Waals surface area contributed by atoms with E-state index in [0.29, 0.717) is 13.1 Å². The second-order valence-corrected chi connectivity index (χ2v) is 4.97. The van der Waals surface area contributed by atoms with Gasteiger partial charge in [-0.15, -0.1) is 0 Å². The van der Waals surface area contributed by atoms with Crippen LogP contribution in [0.1, 0.15) is 11.1 Å². The van der Waals surface area contributed by atoms with Crippen LogP contribution in [0.4, 0.5) is 0 Å². The molecule has 5 heteroatoms. The summed E-state index contributed by atoms with van der Waals surface area (Å²) in [5.41, 5.74) is 2.18. The van der Waals surface area contributed by atoms with Crippen LogP contribution in [0.15, 0.2) is 18.2 Å². The van der Waals surface area contributed by atoms with Crippen LogP contribution in [0.25, 0.3) is 0 Å². The number of nitrogens with zero attached hydrogens (tertiary/aromatic N) is 2. The number of hydrazine groups is 1. The first-order chi connectivity index (χ1) is 9.06. The molecule has 0 unspecified atom stereocenters. The number of carbonyl (C=O) groups excluding carboxylic acids is 1. The van der Waals surface area contributed by atoms with Gasteiger partial charge in [-0.3, -0.25) is 10.6 Å². The summed E-state index contributed by atoms with van der Waals surface area (Å²) in [6.07, 6.45) is 0. The largest absolute Gasteiger partial charge is 0.483 e. The van der Waals surface area contributed by atoms with Crippen molar-refractivity contribution >= 4 is 5.91 Å². The molecule has 0 saturated carbocycles. The second-order valence-electron chi connectivity index (χ2n) is 4.97. The number of benzene rings is 1. The first-order valence-electron chi connectivity index (χ1n) is 6.54. The number of carbonyl (C=O) groups is 1. The van der Waals surface area contributed by atoms with Gasteiger partial charge in [0.25, 0.3) is 5.91 Å². The van der Waals surface area contributed by atoms with Crippen molar-refractivity contribution in [1.82, 2.24) is 9.91 Å². The highest BCUT2D eigenvalue weighted by Gasteiger charge is 2.19. The average Bonchev–Trinajstić information content (AvgIpc) is 2.40. The Morgan fingerprint density at radius 2 is 1.95 bits per heavy atom. The maximum Gasteiger partial charge on any atom is 0.260 e. The first-order valence-corrected chi connectivity index (χ1v) is 6.54. The van der Waals surface area contributed by atoms with E-state index in [-0.39, 0.29) is 12.5 Å². The summed E-state index contributed by atoms with van der Waals surface area (Å²) in [6, 6.07) is 5.99. The summed E-state index contributed by atoms with van der Waals surface area (Å²) in [7, 11) is 0. The summed E-state index contributed by atoms with van der Waals surface area (Å²) >= 11 is 0. The molecule has 0 aromatic heterocycles. The molecule has 0 aliphatic carbocycles. The van der Waals surface area contributed by atoms with E-state index < -0.39 is 0 Å². The van der Waals surface area contributed by atoms with E-state index in [4.69, 9.17) is 10.6 Å². The number of aryl methyl sites for hydroxylation is 2. The van der Waals surface area contributed by atoms with E-state index in [1.165, 1.54) is 0 Å². The number of rotatable bonds is 3. The molecule has 1 saturated heterocycles. The SMILES string of the molecule is Cc1ccc(C)c(OCC(=O)N2CCN(N)CC2)c1. The minimum atomic E-state index is 0.0222. The van der Waals surface area contributed by atoms with Crippen molar-refractivity contribution in [2.45, 2.75) is 13.8 Å². The third-order valence-electron chi connectivity index (χ3n) is 3.36. The molecule has 0 bridgehead atoms. The summed E-state index contributed by atoms with van der Waals surface area (Å²) in [6.45, 7) is 6.86. The van der Waals surface area contributed by atoms with Crippen molar-refractivity contribution in [2.75, 3.05) is 32.8 Å². The maximum atomic E-state index is 12.0. The summed E-state index contributed by atoms with van der Waals surface area (Å²) in [5.74, 6) is 6.47. The van der Waals surface area contributed by atoms with Crippen LogP contribution in [0.2, 0.25) is 0 Å². The molecule has 104 valence electrons. The van der Waals surface area contributed by atoms with Crippen molar-refractivity contribution in [3.8, 4) is 5.75 Å². The summed E-state index contributed by atoms with van der Waals surface area (Å²) < 4.78 is 5.62. The zero-order chi connectivity index (χ0) is 13.8. The van der Waals surface area contributed by atoms with Crippen LogP contribution in [0.5, 0.6) is 5.75 Å². The maximum absolute atomic E-state index is 12.0. The molecule has 1 aromatic rings. The Hall–Kier alpha value is -1.59. The molecule has 0 radical (unpaired) electrons. The fourth-order valence-electron chi connectivity index (χ4n) is 2.06. The van der Waals surface area contributed by atoms with E-state index >= 15 is 0 Å². The molecule has 2 rings (SSSR count). The van der Waals surface area contributed by atoms with Gasteiger partial charge in [-0.05, 0) is 31.0 Å².